The summed E-state index contributed by atoms with van der Waals surface area (Å²) in [5.74, 6) is -11.6. The number of likely N-dealkylation sites (tertiary alicyclic amines) is 1. The number of benzene rings is 1. The summed E-state index contributed by atoms with van der Waals surface area (Å²) in [6.07, 6.45) is 1.74. The predicted octanol–water partition coefficient (Wildman–Crippen LogP) is 2.38. The van der Waals surface area contributed by atoms with Gasteiger partial charge in [-0.2, -0.15) is 8.78 Å². The summed E-state index contributed by atoms with van der Waals surface area (Å²) >= 11 is 0. The summed E-state index contributed by atoms with van der Waals surface area (Å²) in [4.78, 5) is 53.6. The van der Waals surface area contributed by atoms with E-state index in [0.29, 0.717) is 25.8 Å². The van der Waals surface area contributed by atoms with Crippen molar-refractivity contribution in [3.8, 4) is 5.75 Å². The van der Waals surface area contributed by atoms with Gasteiger partial charge in [-0.05, 0) is 56.3 Å². The monoisotopic (exact) mass is 585 g/mol. The molecule has 0 radical (unpaired) electrons. The molecule has 4 rings (SSSR count). The van der Waals surface area contributed by atoms with Crippen LogP contribution in [0.4, 0.5) is 17.6 Å². The zero-order valence-electron chi connectivity index (χ0n) is 23.0. The standard InChI is InChI=1S/C28H35F4N3O6/c1-14(2)8-20(36)27(40)35-13-28(5-6-28)11-19(35)26(39)34-18(9-15-4-3-7-33-25(15)38)21(37)12-41-24-22(31)16(29)10-17(30)23(24)32/h10,14-15,18-20,36H,3-9,11-13H2,1-2H3,(H,33,38)(H,34,39)/t15-,18-,19-,20+/m0/s1. The van der Waals surface area contributed by atoms with E-state index in [1.54, 1.807) is 0 Å². The van der Waals surface area contributed by atoms with Gasteiger partial charge in [0.2, 0.25) is 23.4 Å². The second-order valence-electron chi connectivity index (χ2n) is 11.8. The largest absolute Gasteiger partial charge is 0.479 e. The van der Waals surface area contributed by atoms with E-state index >= 15 is 0 Å². The number of ketones is 1. The highest BCUT2D eigenvalue weighted by molar-refractivity contribution is 5.95. The van der Waals surface area contributed by atoms with Crippen molar-refractivity contribution in [1.82, 2.24) is 15.5 Å². The molecule has 1 aromatic rings. The van der Waals surface area contributed by atoms with Crippen LogP contribution in [0.15, 0.2) is 6.07 Å². The van der Waals surface area contributed by atoms with Crippen molar-refractivity contribution in [2.24, 2.45) is 17.3 Å². The molecular formula is C28H35F4N3O6. The van der Waals surface area contributed by atoms with Crippen LogP contribution in [0, 0.1) is 40.5 Å². The summed E-state index contributed by atoms with van der Waals surface area (Å²) in [5.41, 5.74) is -0.238. The number of aliphatic hydroxyl groups excluding tert-OH is 1. The normalized spacial score (nSPS) is 22.8. The molecule has 226 valence electrons. The number of rotatable bonds is 11. The van der Waals surface area contributed by atoms with E-state index in [9.17, 15) is 41.8 Å². The number of ether oxygens (including phenoxy) is 1. The minimum atomic E-state index is -1.82. The average molecular weight is 586 g/mol. The van der Waals surface area contributed by atoms with Gasteiger partial charge < -0.3 is 25.4 Å². The molecule has 1 saturated carbocycles. The number of Topliss-reactive ketones (excluding diaryl/α,β-unsaturated/α-hetero) is 1. The van der Waals surface area contributed by atoms with Gasteiger partial charge in [-0.3, -0.25) is 19.2 Å². The van der Waals surface area contributed by atoms with Crippen LogP contribution in [0.25, 0.3) is 0 Å². The molecule has 4 atom stereocenters. The Morgan fingerprint density at radius 2 is 1.83 bits per heavy atom. The number of piperidine rings is 1. The van der Waals surface area contributed by atoms with Crippen molar-refractivity contribution in [3.05, 3.63) is 29.3 Å². The van der Waals surface area contributed by atoms with Gasteiger partial charge in [-0.15, -0.1) is 0 Å². The fourth-order valence-electron chi connectivity index (χ4n) is 5.61. The Kier molecular flexibility index (Phi) is 9.25. The number of hydrogen-bond acceptors (Lipinski definition) is 6. The first-order valence-electron chi connectivity index (χ1n) is 13.9. The first kappa shape index (κ1) is 30.7. The maximum Gasteiger partial charge on any atom is 0.252 e. The SMILES string of the molecule is CC(C)C[C@@H](O)C(=O)N1CC2(CC2)C[C@H]1C(=O)N[C@@H](C[C@@H]1CCCNC1=O)C(=O)COc1c(F)c(F)cc(F)c1F. The Hall–Kier alpha value is -3.22. The Morgan fingerprint density at radius 1 is 1.17 bits per heavy atom. The highest BCUT2D eigenvalue weighted by Gasteiger charge is 2.56. The quantitative estimate of drug-likeness (QED) is 0.271. The molecule has 3 N–H and O–H groups in total. The maximum absolute atomic E-state index is 14.1. The van der Waals surface area contributed by atoms with Gasteiger partial charge in [0.25, 0.3) is 5.91 Å². The molecule has 0 unspecified atom stereocenters. The molecule has 13 heteroatoms. The lowest BCUT2D eigenvalue weighted by atomic mass is 9.90. The lowest BCUT2D eigenvalue weighted by molar-refractivity contribution is -0.146. The number of carbonyl (C=O) groups excluding carboxylic acids is 4. The summed E-state index contributed by atoms with van der Waals surface area (Å²) in [7, 11) is 0. The fourth-order valence-corrected chi connectivity index (χ4v) is 5.61. The summed E-state index contributed by atoms with van der Waals surface area (Å²) in [6, 6.07) is -2.34. The van der Waals surface area contributed by atoms with Gasteiger partial charge in [0.05, 0.1) is 6.04 Å². The minimum absolute atomic E-state index is 0.00342. The fraction of sp³-hybridized carbons (Fsp3) is 0.643. The highest BCUT2D eigenvalue weighted by Crippen LogP contribution is 2.55. The second-order valence-corrected chi connectivity index (χ2v) is 11.8. The van der Waals surface area contributed by atoms with Gasteiger partial charge in [-0.25, -0.2) is 8.78 Å². The Morgan fingerprint density at radius 3 is 2.41 bits per heavy atom. The van der Waals surface area contributed by atoms with Gasteiger partial charge in [0, 0.05) is 25.1 Å². The molecule has 0 aromatic heterocycles. The van der Waals surface area contributed by atoms with Crippen molar-refractivity contribution < 1.29 is 46.6 Å². The van der Waals surface area contributed by atoms with Crippen LogP contribution >= 0.6 is 0 Å². The lowest BCUT2D eigenvalue weighted by Crippen LogP contribution is -2.54. The maximum atomic E-state index is 14.1. The highest BCUT2D eigenvalue weighted by atomic mass is 19.2. The molecule has 9 nitrogen and oxygen atoms in total. The third kappa shape index (κ3) is 6.99. The molecule has 3 aliphatic rings. The lowest BCUT2D eigenvalue weighted by Gasteiger charge is -2.30. The van der Waals surface area contributed by atoms with E-state index in [0.717, 1.165) is 12.8 Å². The molecule has 2 saturated heterocycles. The van der Waals surface area contributed by atoms with Crippen molar-refractivity contribution >= 4 is 23.5 Å². The Labute approximate surface area is 235 Å². The van der Waals surface area contributed by atoms with Crippen LogP contribution in [0.5, 0.6) is 5.75 Å². The molecule has 1 aromatic carbocycles. The van der Waals surface area contributed by atoms with E-state index in [1.807, 2.05) is 13.8 Å². The number of carbonyl (C=O) groups is 4. The Bertz CT molecular complexity index is 1180. The third-order valence-electron chi connectivity index (χ3n) is 8.09. The third-order valence-corrected chi connectivity index (χ3v) is 8.09. The molecule has 3 fully saturated rings. The smallest absolute Gasteiger partial charge is 0.252 e. The summed E-state index contributed by atoms with van der Waals surface area (Å²) < 4.78 is 60.2. The number of amides is 3. The minimum Gasteiger partial charge on any atom is -0.479 e. The van der Waals surface area contributed by atoms with Crippen molar-refractivity contribution in [3.63, 3.8) is 0 Å². The van der Waals surface area contributed by atoms with Gasteiger partial charge >= 0.3 is 0 Å². The number of nitrogens with zero attached hydrogens (tertiary/aromatic N) is 1. The van der Waals surface area contributed by atoms with E-state index in [1.165, 1.54) is 4.90 Å². The zero-order chi connectivity index (χ0) is 30.1. The number of halogens is 4. The van der Waals surface area contributed by atoms with Crippen LogP contribution in [-0.2, 0) is 19.2 Å². The zero-order valence-corrected chi connectivity index (χ0v) is 23.0. The average Bonchev–Trinajstić information content (AvgIpc) is 3.56. The van der Waals surface area contributed by atoms with E-state index in [2.05, 4.69) is 10.6 Å². The molecule has 1 aliphatic carbocycles. The first-order valence-corrected chi connectivity index (χ1v) is 13.9. The summed E-state index contributed by atoms with van der Waals surface area (Å²) in [5, 5.41) is 15.7. The van der Waals surface area contributed by atoms with Crippen LogP contribution in [-0.4, -0.2) is 71.4 Å². The topological polar surface area (TPSA) is 125 Å². The van der Waals surface area contributed by atoms with Crippen LogP contribution in [0.2, 0.25) is 0 Å². The van der Waals surface area contributed by atoms with Crippen molar-refractivity contribution in [2.45, 2.75) is 77.0 Å². The van der Waals surface area contributed by atoms with Gasteiger partial charge in [0.15, 0.2) is 23.2 Å². The molecular weight excluding hydrogens is 550 g/mol. The Balaban J connectivity index is 1.52. The van der Waals surface area contributed by atoms with E-state index in [4.69, 9.17) is 4.74 Å². The second kappa shape index (κ2) is 12.3. The van der Waals surface area contributed by atoms with Crippen LogP contribution < -0.4 is 15.4 Å². The number of hydrogen-bond donors (Lipinski definition) is 3. The van der Waals surface area contributed by atoms with E-state index in [-0.39, 0.29) is 42.7 Å². The van der Waals surface area contributed by atoms with Crippen LogP contribution in [0.1, 0.15) is 58.8 Å². The molecule has 41 heavy (non-hydrogen) atoms. The molecule has 2 heterocycles. The van der Waals surface area contributed by atoms with Crippen molar-refractivity contribution in [1.29, 1.82) is 0 Å². The van der Waals surface area contributed by atoms with Crippen molar-refractivity contribution in [2.75, 3.05) is 19.7 Å². The van der Waals surface area contributed by atoms with Crippen LogP contribution in [0.3, 0.4) is 0 Å². The molecule has 2 aliphatic heterocycles. The number of aliphatic hydroxyl groups is 1. The van der Waals surface area contributed by atoms with Gasteiger partial charge in [0.1, 0.15) is 18.8 Å². The van der Waals surface area contributed by atoms with E-state index < -0.39 is 77.3 Å². The predicted molar refractivity (Wildman–Crippen MR) is 136 cm³/mol. The first-order chi connectivity index (χ1) is 19.3. The van der Waals surface area contributed by atoms with Gasteiger partial charge in [-0.1, -0.05) is 13.8 Å². The molecule has 1 spiro atoms. The summed E-state index contributed by atoms with van der Waals surface area (Å²) in [6.45, 7) is 3.38. The number of nitrogens with one attached hydrogen (secondary N) is 2. The molecule has 0 bridgehead atoms. The molecule has 3 amide bonds.